The second-order valence-corrected chi connectivity index (χ2v) is 10.6. The molecule has 0 radical (unpaired) electrons. The van der Waals surface area contributed by atoms with Crippen molar-refractivity contribution in [3.8, 4) is 0 Å². The second-order valence-electron chi connectivity index (χ2n) is 10.6. The fourth-order valence-corrected chi connectivity index (χ4v) is 6.60. The SMILES string of the molecule is CCC1(CC)CN(Cc2ccccc2)CCC1(O)c1ccc2c(c1F)CN(C1CCC(=O)NC1=O)C2=O. The molecule has 3 heterocycles. The molecule has 2 aromatic carbocycles. The highest BCUT2D eigenvalue weighted by Gasteiger charge is 2.54. The number of halogens is 1. The molecule has 3 amide bonds. The first-order valence-corrected chi connectivity index (χ1v) is 13.2. The van der Waals surface area contributed by atoms with E-state index < -0.39 is 34.7 Å². The number of aliphatic hydroxyl groups is 1. The van der Waals surface area contributed by atoms with E-state index in [1.54, 1.807) is 12.1 Å². The summed E-state index contributed by atoms with van der Waals surface area (Å²) in [6.07, 6.45) is 2.07. The summed E-state index contributed by atoms with van der Waals surface area (Å²) in [4.78, 5) is 40.8. The third-order valence-electron chi connectivity index (χ3n) is 8.89. The molecule has 2 N–H and O–H groups in total. The average molecular weight is 508 g/mol. The largest absolute Gasteiger partial charge is 0.384 e. The molecule has 0 spiro atoms. The number of nitrogens with zero attached hydrogens (tertiary/aromatic N) is 2. The van der Waals surface area contributed by atoms with Crippen molar-refractivity contribution in [2.75, 3.05) is 13.1 Å². The summed E-state index contributed by atoms with van der Waals surface area (Å²) in [5, 5.41) is 14.5. The number of amides is 3. The van der Waals surface area contributed by atoms with Crippen molar-refractivity contribution in [1.82, 2.24) is 15.1 Å². The zero-order chi connectivity index (χ0) is 26.4. The molecule has 2 atom stereocenters. The molecule has 37 heavy (non-hydrogen) atoms. The molecule has 7 nitrogen and oxygen atoms in total. The molecule has 0 aromatic heterocycles. The molecule has 0 saturated carbocycles. The third kappa shape index (κ3) is 4.16. The van der Waals surface area contributed by atoms with Gasteiger partial charge in [0.25, 0.3) is 5.91 Å². The highest BCUT2D eigenvalue weighted by atomic mass is 19.1. The Labute approximate surface area is 216 Å². The highest BCUT2D eigenvalue weighted by Crippen LogP contribution is 2.52. The predicted molar refractivity (Wildman–Crippen MR) is 136 cm³/mol. The van der Waals surface area contributed by atoms with E-state index >= 15 is 4.39 Å². The number of piperidine rings is 2. The lowest BCUT2D eigenvalue weighted by Gasteiger charge is -2.54. The van der Waals surface area contributed by atoms with E-state index in [0.29, 0.717) is 32.4 Å². The number of rotatable bonds is 6. The van der Waals surface area contributed by atoms with Crippen LogP contribution >= 0.6 is 0 Å². The first-order valence-electron chi connectivity index (χ1n) is 13.2. The number of fused-ring (bicyclic) bond motifs is 1. The van der Waals surface area contributed by atoms with Gasteiger partial charge in [0.1, 0.15) is 17.5 Å². The minimum atomic E-state index is -1.39. The first kappa shape index (κ1) is 25.5. The van der Waals surface area contributed by atoms with Crippen molar-refractivity contribution in [3.05, 3.63) is 70.5 Å². The second kappa shape index (κ2) is 9.65. The molecule has 3 aliphatic heterocycles. The van der Waals surface area contributed by atoms with E-state index in [9.17, 15) is 19.5 Å². The van der Waals surface area contributed by atoms with Gasteiger partial charge < -0.3 is 10.0 Å². The summed E-state index contributed by atoms with van der Waals surface area (Å²) in [7, 11) is 0. The van der Waals surface area contributed by atoms with Gasteiger partial charge in [0, 0.05) is 48.2 Å². The number of imide groups is 1. The minimum absolute atomic E-state index is 0.0540. The molecule has 2 fully saturated rings. The number of hydrogen-bond donors (Lipinski definition) is 2. The van der Waals surface area contributed by atoms with Gasteiger partial charge in [-0.2, -0.15) is 0 Å². The maximum Gasteiger partial charge on any atom is 0.255 e. The number of benzene rings is 2. The first-order chi connectivity index (χ1) is 17.7. The monoisotopic (exact) mass is 507 g/mol. The molecular weight excluding hydrogens is 473 g/mol. The van der Waals surface area contributed by atoms with Crippen LogP contribution in [0.4, 0.5) is 4.39 Å². The quantitative estimate of drug-likeness (QED) is 0.585. The summed E-state index contributed by atoms with van der Waals surface area (Å²) < 4.78 is 16.2. The van der Waals surface area contributed by atoms with Crippen LogP contribution in [0.2, 0.25) is 0 Å². The van der Waals surface area contributed by atoms with Crippen LogP contribution in [0.1, 0.15) is 73.0 Å². The van der Waals surface area contributed by atoms with Gasteiger partial charge in [0.2, 0.25) is 11.8 Å². The van der Waals surface area contributed by atoms with Gasteiger partial charge in [-0.05, 0) is 37.3 Å². The van der Waals surface area contributed by atoms with Gasteiger partial charge in [-0.3, -0.25) is 24.6 Å². The Morgan fingerprint density at radius 3 is 2.49 bits per heavy atom. The molecule has 8 heteroatoms. The molecule has 3 aliphatic rings. The number of carbonyl (C=O) groups excluding carboxylic acids is 3. The Kier molecular flexibility index (Phi) is 6.66. The smallest absolute Gasteiger partial charge is 0.255 e. The van der Waals surface area contributed by atoms with Gasteiger partial charge in [-0.25, -0.2) is 4.39 Å². The van der Waals surface area contributed by atoms with Crippen molar-refractivity contribution in [2.45, 2.75) is 70.7 Å². The molecule has 2 saturated heterocycles. The van der Waals surface area contributed by atoms with E-state index in [1.165, 1.54) is 10.5 Å². The zero-order valence-electron chi connectivity index (χ0n) is 21.4. The van der Waals surface area contributed by atoms with Crippen LogP contribution in [0.25, 0.3) is 0 Å². The van der Waals surface area contributed by atoms with E-state index in [2.05, 4.69) is 22.3 Å². The van der Waals surface area contributed by atoms with Gasteiger partial charge in [-0.1, -0.05) is 50.2 Å². The van der Waals surface area contributed by atoms with Crippen molar-refractivity contribution in [1.29, 1.82) is 0 Å². The van der Waals surface area contributed by atoms with Crippen LogP contribution in [0.5, 0.6) is 0 Å². The molecular formula is C29H34FN3O4. The summed E-state index contributed by atoms with van der Waals surface area (Å²) in [5.41, 5.74) is -0.102. The average Bonchev–Trinajstić information content (AvgIpc) is 3.23. The van der Waals surface area contributed by atoms with Crippen LogP contribution in [-0.2, 0) is 28.3 Å². The number of nitrogens with one attached hydrogen (secondary N) is 1. The normalized spacial score (nSPS) is 25.8. The Hall–Kier alpha value is -3.10. The zero-order valence-corrected chi connectivity index (χ0v) is 21.4. The van der Waals surface area contributed by atoms with Crippen LogP contribution < -0.4 is 5.32 Å². The molecule has 5 rings (SSSR count). The van der Waals surface area contributed by atoms with E-state index in [0.717, 1.165) is 6.54 Å². The van der Waals surface area contributed by atoms with Gasteiger partial charge >= 0.3 is 0 Å². The van der Waals surface area contributed by atoms with E-state index in [1.807, 2.05) is 32.0 Å². The topological polar surface area (TPSA) is 89.9 Å². The van der Waals surface area contributed by atoms with Crippen molar-refractivity contribution < 1.29 is 23.9 Å². The Balaban J connectivity index is 1.45. The molecule has 196 valence electrons. The predicted octanol–water partition coefficient (Wildman–Crippen LogP) is 3.49. The number of hydrogen-bond acceptors (Lipinski definition) is 5. The maximum atomic E-state index is 16.2. The van der Waals surface area contributed by atoms with Gasteiger partial charge in [-0.15, -0.1) is 0 Å². The lowest BCUT2D eigenvalue weighted by atomic mass is 9.61. The van der Waals surface area contributed by atoms with Crippen LogP contribution in [-0.4, -0.2) is 51.8 Å². The molecule has 0 bridgehead atoms. The standard InChI is InChI=1S/C29H34FN3O4/c1-3-28(4-2)18-32(16-19-8-6-5-7-9-19)15-14-29(28,37)22-11-10-20-21(25(22)30)17-33(27(20)36)23-12-13-24(34)31-26(23)35/h5-11,23,37H,3-4,12-18H2,1-2H3,(H,31,34,35). The lowest BCUT2D eigenvalue weighted by molar-refractivity contribution is -0.150. The Morgan fingerprint density at radius 2 is 1.81 bits per heavy atom. The third-order valence-corrected chi connectivity index (χ3v) is 8.89. The fraction of sp³-hybridized carbons (Fsp3) is 0.483. The summed E-state index contributed by atoms with van der Waals surface area (Å²) >= 11 is 0. The van der Waals surface area contributed by atoms with Crippen LogP contribution in [0.15, 0.2) is 42.5 Å². The Bertz CT molecular complexity index is 1230. The molecule has 0 aliphatic carbocycles. The van der Waals surface area contributed by atoms with Crippen molar-refractivity contribution >= 4 is 17.7 Å². The van der Waals surface area contributed by atoms with Gasteiger partial charge in [0.15, 0.2) is 0 Å². The van der Waals surface area contributed by atoms with E-state index in [4.69, 9.17) is 0 Å². The Morgan fingerprint density at radius 1 is 1.08 bits per heavy atom. The molecule has 2 aromatic rings. The van der Waals surface area contributed by atoms with Crippen molar-refractivity contribution in [3.63, 3.8) is 0 Å². The fourth-order valence-electron chi connectivity index (χ4n) is 6.60. The van der Waals surface area contributed by atoms with E-state index in [-0.39, 0.29) is 42.0 Å². The van der Waals surface area contributed by atoms with Crippen molar-refractivity contribution in [2.24, 2.45) is 5.41 Å². The maximum absolute atomic E-state index is 16.2. The highest BCUT2D eigenvalue weighted by molar-refractivity contribution is 6.05. The van der Waals surface area contributed by atoms with Crippen LogP contribution in [0, 0.1) is 11.2 Å². The summed E-state index contributed by atoms with van der Waals surface area (Å²) in [6.45, 7) is 6.04. The summed E-state index contributed by atoms with van der Waals surface area (Å²) in [5.74, 6) is -1.88. The number of likely N-dealkylation sites (tertiary alicyclic amines) is 1. The van der Waals surface area contributed by atoms with Crippen LogP contribution in [0.3, 0.4) is 0 Å². The minimum Gasteiger partial charge on any atom is -0.384 e. The molecule has 2 unspecified atom stereocenters. The summed E-state index contributed by atoms with van der Waals surface area (Å²) in [6, 6.07) is 12.5. The number of carbonyl (C=O) groups is 3. The van der Waals surface area contributed by atoms with Gasteiger partial charge in [0.05, 0.1) is 6.54 Å². The lowest BCUT2D eigenvalue weighted by Crippen LogP contribution is -2.57.